The number of ether oxygens (including phenoxy) is 2. The van der Waals surface area contributed by atoms with E-state index in [-0.39, 0.29) is 25.0 Å². The van der Waals surface area contributed by atoms with E-state index in [1.54, 1.807) is 12.1 Å². The molecule has 2 saturated heterocycles. The minimum Gasteiger partial charge on any atom is -0.398 e. The maximum absolute atomic E-state index is 13.0. The van der Waals surface area contributed by atoms with Crippen molar-refractivity contribution >= 4 is 56.3 Å². The van der Waals surface area contributed by atoms with Crippen molar-refractivity contribution in [1.82, 2.24) is 5.32 Å². The van der Waals surface area contributed by atoms with Crippen LogP contribution < -0.4 is 15.5 Å². The van der Waals surface area contributed by atoms with Gasteiger partial charge in [-0.3, -0.25) is 9.59 Å². The third-order valence-corrected chi connectivity index (χ3v) is 6.85. The molecule has 1 aromatic heterocycles. The Morgan fingerprint density at radius 3 is 2.69 bits per heavy atom. The highest BCUT2D eigenvalue weighted by Gasteiger charge is 2.47. The molecule has 0 bridgehead atoms. The van der Waals surface area contributed by atoms with Crippen molar-refractivity contribution in [3.63, 3.8) is 0 Å². The Hall–Kier alpha value is -2.47. The van der Waals surface area contributed by atoms with Gasteiger partial charge in [0.25, 0.3) is 11.8 Å². The number of amides is 2. The number of amidine groups is 1. The highest BCUT2D eigenvalue weighted by Crippen LogP contribution is 2.28. The largest absolute Gasteiger partial charge is 0.398 e. The predicted octanol–water partition coefficient (Wildman–Crippen LogP) is 2.75. The maximum Gasteiger partial charge on any atom is 0.262 e. The molecular formula is C21H23BrN4O5S. The molecule has 3 heterocycles. The zero-order valence-electron chi connectivity index (χ0n) is 17.6. The number of benzene rings is 1. The lowest BCUT2D eigenvalue weighted by Gasteiger charge is -2.40. The first-order valence-electron chi connectivity index (χ1n) is 9.95. The van der Waals surface area contributed by atoms with Gasteiger partial charge in [-0.15, -0.1) is 11.3 Å². The van der Waals surface area contributed by atoms with Crippen LogP contribution in [0.2, 0.25) is 0 Å². The Bertz CT molecular complexity index is 1050. The van der Waals surface area contributed by atoms with Crippen molar-refractivity contribution in [2.24, 2.45) is 5.16 Å². The second-order valence-corrected chi connectivity index (χ2v) is 9.95. The van der Waals surface area contributed by atoms with Gasteiger partial charge < -0.3 is 29.8 Å². The number of hydrogen-bond acceptors (Lipinski definition) is 7. The minimum atomic E-state index is -1.09. The Kier molecular flexibility index (Phi) is 6.79. The Labute approximate surface area is 197 Å². The molecule has 9 nitrogen and oxygen atoms in total. The zero-order chi connectivity index (χ0) is 22.7. The third kappa shape index (κ3) is 4.65. The lowest BCUT2D eigenvalue weighted by Crippen LogP contribution is -2.68. The van der Waals surface area contributed by atoms with Crippen LogP contribution in [-0.2, 0) is 19.1 Å². The van der Waals surface area contributed by atoms with E-state index in [0.717, 1.165) is 15.0 Å². The fourth-order valence-corrected chi connectivity index (χ4v) is 4.82. The van der Waals surface area contributed by atoms with E-state index < -0.39 is 5.54 Å². The molecule has 2 aliphatic heterocycles. The molecule has 0 unspecified atom stereocenters. The molecule has 0 aliphatic carbocycles. The Balaban J connectivity index is 1.47. The van der Waals surface area contributed by atoms with Crippen LogP contribution in [0.15, 0.2) is 39.3 Å². The molecule has 2 aromatic rings. The van der Waals surface area contributed by atoms with E-state index in [9.17, 15) is 9.59 Å². The topological polar surface area (TPSA) is 101 Å². The standard InChI is InChI=1S/C21H23BrN4O5S/c1-13-9-14(3-4-15(13)26-7-8-30-10-18(26)25-29-2)23-20(28)21(11-31-12-21)24-19(27)16-5-6-17(22)32-16/h3-6,9H,7-8,10-12H2,1-2H3,(H,23,28)(H,24,27). The first-order valence-corrected chi connectivity index (χ1v) is 11.6. The summed E-state index contributed by atoms with van der Waals surface area (Å²) < 4.78 is 11.6. The smallest absolute Gasteiger partial charge is 0.262 e. The lowest BCUT2D eigenvalue weighted by atomic mass is 9.95. The second-order valence-electron chi connectivity index (χ2n) is 7.48. The number of oxime groups is 1. The number of rotatable bonds is 6. The van der Waals surface area contributed by atoms with E-state index in [2.05, 4.69) is 31.7 Å². The van der Waals surface area contributed by atoms with E-state index >= 15 is 0 Å². The summed E-state index contributed by atoms with van der Waals surface area (Å²) in [5.41, 5.74) is 1.46. The number of halogens is 1. The number of carbonyl (C=O) groups excluding carboxylic acids is 2. The highest BCUT2D eigenvalue weighted by atomic mass is 79.9. The Morgan fingerprint density at radius 1 is 1.25 bits per heavy atom. The maximum atomic E-state index is 13.0. The van der Waals surface area contributed by atoms with Crippen LogP contribution in [0.25, 0.3) is 0 Å². The third-order valence-electron chi connectivity index (χ3n) is 5.23. The number of aryl methyl sites for hydroxylation is 1. The summed E-state index contributed by atoms with van der Waals surface area (Å²) in [4.78, 5) is 33.1. The molecule has 4 rings (SSSR count). The summed E-state index contributed by atoms with van der Waals surface area (Å²) in [5.74, 6) is 0.0722. The molecule has 2 amide bonds. The van der Waals surface area contributed by atoms with Gasteiger partial charge in [-0.2, -0.15) is 0 Å². The molecule has 0 radical (unpaired) electrons. The summed E-state index contributed by atoms with van der Waals surface area (Å²) in [5, 5.41) is 9.81. The van der Waals surface area contributed by atoms with Gasteiger partial charge in [-0.1, -0.05) is 5.16 Å². The van der Waals surface area contributed by atoms with Crippen LogP contribution in [0.4, 0.5) is 11.4 Å². The van der Waals surface area contributed by atoms with E-state index in [4.69, 9.17) is 14.3 Å². The summed E-state index contributed by atoms with van der Waals surface area (Å²) >= 11 is 4.66. The van der Waals surface area contributed by atoms with E-state index in [0.29, 0.717) is 36.2 Å². The zero-order valence-corrected chi connectivity index (χ0v) is 20.0. The molecule has 32 heavy (non-hydrogen) atoms. The number of carbonyl (C=O) groups is 2. The average molecular weight is 523 g/mol. The fourth-order valence-electron chi connectivity index (χ4n) is 3.54. The van der Waals surface area contributed by atoms with Gasteiger partial charge in [0.1, 0.15) is 13.7 Å². The van der Waals surface area contributed by atoms with Crippen molar-refractivity contribution in [3.8, 4) is 0 Å². The normalized spacial score (nSPS) is 18.7. The van der Waals surface area contributed by atoms with Crippen LogP contribution >= 0.6 is 27.3 Å². The van der Waals surface area contributed by atoms with Crippen LogP contribution in [0.5, 0.6) is 0 Å². The van der Waals surface area contributed by atoms with Gasteiger partial charge >= 0.3 is 0 Å². The van der Waals surface area contributed by atoms with Gasteiger partial charge in [0.05, 0.1) is 28.5 Å². The first-order chi connectivity index (χ1) is 15.4. The molecular weight excluding hydrogens is 500 g/mol. The summed E-state index contributed by atoms with van der Waals surface area (Å²) in [6.07, 6.45) is 0. The van der Waals surface area contributed by atoms with Crippen LogP contribution in [-0.4, -0.2) is 63.3 Å². The van der Waals surface area contributed by atoms with Crippen LogP contribution in [0.3, 0.4) is 0 Å². The van der Waals surface area contributed by atoms with Gasteiger partial charge in [0.2, 0.25) is 0 Å². The van der Waals surface area contributed by atoms with Gasteiger partial charge in [0, 0.05) is 17.9 Å². The minimum absolute atomic E-state index is 0.124. The molecule has 170 valence electrons. The molecule has 0 saturated carbocycles. The lowest BCUT2D eigenvalue weighted by molar-refractivity contribution is -0.141. The van der Waals surface area contributed by atoms with Crippen LogP contribution in [0, 0.1) is 6.92 Å². The number of nitrogens with one attached hydrogen (secondary N) is 2. The number of anilines is 2. The number of thiophene rings is 1. The van der Waals surface area contributed by atoms with Gasteiger partial charge in [-0.05, 0) is 58.7 Å². The summed E-state index contributed by atoms with van der Waals surface area (Å²) in [6, 6.07) is 9.15. The first kappa shape index (κ1) is 22.7. The monoisotopic (exact) mass is 522 g/mol. The molecule has 0 atom stereocenters. The highest BCUT2D eigenvalue weighted by molar-refractivity contribution is 9.11. The van der Waals surface area contributed by atoms with E-state index in [1.165, 1.54) is 18.4 Å². The molecule has 2 aliphatic rings. The fraction of sp³-hybridized carbons (Fsp3) is 0.381. The van der Waals surface area contributed by atoms with E-state index in [1.807, 2.05) is 30.0 Å². The second kappa shape index (κ2) is 9.57. The SMILES string of the molecule is CON=C1COCCN1c1ccc(NC(=O)C2(NC(=O)c3ccc(Br)s3)COC2)cc1C. The van der Waals surface area contributed by atoms with Crippen molar-refractivity contribution in [2.75, 3.05) is 50.3 Å². The molecule has 2 fully saturated rings. The number of nitrogens with zero attached hydrogens (tertiary/aromatic N) is 2. The molecule has 2 N–H and O–H groups in total. The molecule has 11 heteroatoms. The van der Waals surface area contributed by atoms with Crippen LogP contribution in [0.1, 0.15) is 15.2 Å². The predicted molar refractivity (Wildman–Crippen MR) is 125 cm³/mol. The molecule has 1 aromatic carbocycles. The number of morpholine rings is 1. The average Bonchev–Trinajstić information content (AvgIpc) is 3.18. The summed E-state index contributed by atoms with van der Waals surface area (Å²) in [7, 11) is 1.50. The van der Waals surface area contributed by atoms with Crippen molar-refractivity contribution in [2.45, 2.75) is 12.5 Å². The van der Waals surface area contributed by atoms with Crippen molar-refractivity contribution in [1.29, 1.82) is 0 Å². The van der Waals surface area contributed by atoms with Crippen molar-refractivity contribution in [3.05, 3.63) is 44.6 Å². The number of hydrogen-bond donors (Lipinski definition) is 2. The van der Waals surface area contributed by atoms with Gasteiger partial charge in [-0.25, -0.2) is 0 Å². The Morgan fingerprint density at radius 2 is 2.06 bits per heavy atom. The van der Waals surface area contributed by atoms with Crippen molar-refractivity contribution < 1.29 is 23.9 Å². The quantitative estimate of drug-likeness (QED) is 0.565. The summed E-state index contributed by atoms with van der Waals surface area (Å²) in [6.45, 7) is 3.82. The molecule has 0 spiro atoms. The van der Waals surface area contributed by atoms with Gasteiger partial charge in [0.15, 0.2) is 11.4 Å².